The van der Waals surface area contributed by atoms with Crippen molar-refractivity contribution in [3.05, 3.63) is 12.2 Å². The smallest absolute Gasteiger partial charge is 0.420 e. The van der Waals surface area contributed by atoms with Crippen molar-refractivity contribution in [2.75, 3.05) is 13.2 Å². The van der Waals surface area contributed by atoms with Crippen LogP contribution in [0.15, 0.2) is 12.2 Å². The van der Waals surface area contributed by atoms with Gasteiger partial charge in [0.2, 0.25) is 0 Å². The van der Waals surface area contributed by atoms with Crippen molar-refractivity contribution < 1.29 is 42.9 Å². The molecular formula is C27H45NO9. The summed E-state index contributed by atoms with van der Waals surface area (Å²) >= 11 is 0. The summed E-state index contributed by atoms with van der Waals surface area (Å²) in [6, 6.07) is -1.27. The van der Waals surface area contributed by atoms with E-state index in [1.54, 1.807) is 48.5 Å². The zero-order chi connectivity index (χ0) is 28.6. The number of cyclic esters (lactones) is 1. The highest BCUT2D eigenvalue weighted by atomic mass is 16.6. The Balaban J connectivity index is 3.31. The van der Waals surface area contributed by atoms with Crippen molar-refractivity contribution in [2.24, 2.45) is 0 Å². The Hall–Kier alpha value is -2.46. The molecule has 0 aromatic rings. The number of amides is 2. The predicted molar refractivity (Wildman–Crippen MR) is 137 cm³/mol. The van der Waals surface area contributed by atoms with E-state index < -0.39 is 53.7 Å². The Bertz CT molecular complexity index is 797. The highest BCUT2D eigenvalue weighted by Crippen LogP contribution is 2.26. The second-order valence-corrected chi connectivity index (χ2v) is 11.5. The molecule has 0 aromatic heterocycles. The molecule has 1 saturated heterocycles. The van der Waals surface area contributed by atoms with Gasteiger partial charge in [-0.1, -0.05) is 12.2 Å². The first-order chi connectivity index (χ1) is 16.9. The Labute approximate surface area is 221 Å². The van der Waals surface area contributed by atoms with Crippen LogP contribution in [0.3, 0.4) is 0 Å². The molecule has 0 aliphatic carbocycles. The molecule has 1 heterocycles. The molecule has 1 aliphatic heterocycles. The molecule has 2 amide bonds. The maximum atomic E-state index is 13.4. The van der Waals surface area contributed by atoms with Gasteiger partial charge in [0, 0.05) is 6.42 Å². The van der Waals surface area contributed by atoms with Crippen molar-refractivity contribution >= 4 is 23.9 Å². The zero-order valence-electron chi connectivity index (χ0n) is 23.9. The van der Waals surface area contributed by atoms with Gasteiger partial charge in [-0.15, -0.1) is 0 Å². The quantitative estimate of drug-likeness (QED) is 0.245. The van der Waals surface area contributed by atoms with Gasteiger partial charge in [0.25, 0.3) is 0 Å². The number of hydrogen-bond acceptors (Lipinski definition) is 9. The summed E-state index contributed by atoms with van der Waals surface area (Å²) in [7, 11) is 0. The lowest BCUT2D eigenvalue weighted by Crippen LogP contribution is -2.53. The summed E-state index contributed by atoms with van der Waals surface area (Å²) in [5.74, 6) is -0.817. The van der Waals surface area contributed by atoms with Crippen LogP contribution in [0.5, 0.6) is 0 Å². The molecule has 4 atom stereocenters. The van der Waals surface area contributed by atoms with E-state index in [1.807, 2.05) is 6.92 Å². The first-order valence-corrected chi connectivity index (χ1v) is 12.7. The minimum Gasteiger partial charge on any atom is -0.458 e. The van der Waals surface area contributed by atoms with Gasteiger partial charge in [0.15, 0.2) is 0 Å². The summed E-state index contributed by atoms with van der Waals surface area (Å²) < 4.78 is 28.6. The molecule has 0 spiro atoms. The Kier molecular flexibility index (Phi) is 12.2. The van der Waals surface area contributed by atoms with Gasteiger partial charge in [-0.3, -0.25) is 4.79 Å². The molecule has 10 heteroatoms. The molecule has 0 N–H and O–H groups in total. The van der Waals surface area contributed by atoms with Crippen LogP contribution in [0, 0.1) is 0 Å². The van der Waals surface area contributed by atoms with Crippen molar-refractivity contribution in [1.29, 1.82) is 0 Å². The van der Waals surface area contributed by atoms with Crippen molar-refractivity contribution in [3.63, 3.8) is 0 Å². The molecule has 1 fully saturated rings. The van der Waals surface area contributed by atoms with Gasteiger partial charge in [-0.25, -0.2) is 14.4 Å². The average Bonchev–Trinajstić information content (AvgIpc) is 2.74. The number of carbonyl (C=O) groups is 4. The van der Waals surface area contributed by atoms with E-state index >= 15 is 0 Å². The van der Waals surface area contributed by atoms with Gasteiger partial charge >= 0.3 is 18.2 Å². The number of ether oxygens (including phenoxy) is 5. The van der Waals surface area contributed by atoms with Crippen LogP contribution in [0.1, 0.15) is 88.0 Å². The summed E-state index contributed by atoms with van der Waals surface area (Å²) in [5, 5.41) is 0. The van der Waals surface area contributed by atoms with Gasteiger partial charge in [0.1, 0.15) is 35.2 Å². The van der Waals surface area contributed by atoms with E-state index in [-0.39, 0.29) is 31.8 Å². The molecule has 1 rings (SSSR count). The fraction of sp³-hybridized carbons (Fsp3) is 0.778. The number of nitrogens with zero attached hydrogens (tertiary/aromatic N) is 1. The third-order valence-electron chi connectivity index (χ3n) is 5.17. The van der Waals surface area contributed by atoms with E-state index in [0.717, 1.165) is 5.57 Å². The fourth-order valence-electron chi connectivity index (χ4n) is 3.62. The number of Topliss-reactive ketones (excluding diaryl/α,β-unsaturated/α-hetero) is 1. The Morgan fingerprint density at radius 1 is 0.973 bits per heavy atom. The topological polar surface area (TPSA) is 118 Å². The summed E-state index contributed by atoms with van der Waals surface area (Å²) in [6.45, 7) is 19.2. The lowest BCUT2D eigenvalue weighted by Gasteiger charge is -2.33. The van der Waals surface area contributed by atoms with Gasteiger partial charge in [-0.05, 0) is 81.6 Å². The monoisotopic (exact) mass is 527 g/mol. The lowest BCUT2D eigenvalue weighted by molar-refractivity contribution is -0.170. The van der Waals surface area contributed by atoms with Crippen molar-refractivity contribution in [1.82, 2.24) is 4.90 Å². The van der Waals surface area contributed by atoms with Crippen LogP contribution < -0.4 is 0 Å². The molecule has 0 bridgehead atoms. The highest BCUT2D eigenvalue weighted by Gasteiger charge is 2.43. The number of esters is 1. The van der Waals surface area contributed by atoms with Gasteiger partial charge in [-0.2, -0.15) is 4.90 Å². The largest absolute Gasteiger partial charge is 0.458 e. The first-order valence-electron chi connectivity index (χ1n) is 12.7. The maximum absolute atomic E-state index is 13.4. The van der Waals surface area contributed by atoms with Crippen LogP contribution in [0.25, 0.3) is 0 Å². The van der Waals surface area contributed by atoms with Crippen LogP contribution >= 0.6 is 0 Å². The number of imide groups is 1. The zero-order valence-corrected chi connectivity index (χ0v) is 23.9. The fourth-order valence-corrected chi connectivity index (χ4v) is 3.62. The molecular weight excluding hydrogens is 482 g/mol. The third kappa shape index (κ3) is 12.1. The number of ketones is 1. The lowest BCUT2D eigenvalue weighted by atomic mass is 10.0. The SMILES string of the molecule is C=C(C)COC1CCCC(N(C(=O)OC(C)(C)C)C(=O)OC(C)(C)C)C(=O)OC(C)C1OCCC(C)=O. The summed E-state index contributed by atoms with van der Waals surface area (Å²) in [6.07, 6.45) is -2.77. The summed E-state index contributed by atoms with van der Waals surface area (Å²) in [4.78, 5) is 51.7. The van der Waals surface area contributed by atoms with Crippen LogP contribution in [-0.2, 0) is 33.3 Å². The Morgan fingerprint density at radius 3 is 1.97 bits per heavy atom. The molecule has 10 nitrogen and oxygen atoms in total. The van der Waals surface area contributed by atoms with Gasteiger partial charge < -0.3 is 23.7 Å². The Morgan fingerprint density at radius 2 is 1.51 bits per heavy atom. The maximum Gasteiger partial charge on any atom is 0.420 e. The third-order valence-corrected chi connectivity index (χ3v) is 5.17. The second kappa shape index (κ2) is 13.9. The van der Waals surface area contributed by atoms with Crippen molar-refractivity contribution in [2.45, 2.75) is 124 Å². The molecule has 1 aliphatic rings. The van der Waals surface area contributed by atoms with E-state index in [0.29, 0.717) is 17.7 Å². The first kappa shape index (κ1) is 32.6. The minimum atomic E-state index is -1.27. The van der Waals surface area contributed by atoms with E-state index in [1.165, 1.54) is 6.92 Å². The standard InChI is InChI=1S/C27H45NO9/c1-17(2)16-34-21-13-11-12-20(23(30)35-19(4)22(21)33-15-14-18(3)29)28(24(31)36-26(5,6)7)25(32)37-27(8,9)10/h19-22H,1,11-16H2,2-10H3. The molecule has 37 heavy (non-hydrogen) atoms. The highest BCUT2D eigenvalue weighted by molar-refractivity contribution is 5.94. The second-order valence-electron chi connectivity index (χ2n) is 11.5. The summed E-state index contributed by atoms with van der Waals surface area (Å²) in [5.41, 5.74) is -1.01. The van der Waals surface area contributed by atoms with E-state index in [2.05, 4.69) is 6.58 Å². The van der Waals surface area contributed by atoms with E-state index in [9.17, 15) is 19.2 Å². The van der Waals surface area contributed by atoms with Crippen LogP contribution in [0.2, 0.25) is 0 Å². The molecule has 212 valence electrons. The molecule has 0 aromatic carbocycles. The number of carbonyl (C=O) groups excluding carboxylic acids is 4. The van der Waals surface area contributed by atoms with Crippen molar-refractivity contribution in [3.8, 4) is 0 Å². The van der Waals surface area contributed by atoms with Gasteiger partial charge in [0.05, 0.1) is 19.3 Å². The molecule has 0 saturated carbocycles. The van der Waals surface area contributed by atoms with Crippen LogP contribution in [0.4, 0.5) is 9.59 Å². The predicted octanol–water partition coefficient (Wildman–Crippen LogP) is 4.97. The number of rotatable bonds is 8. The molecule has 0 radical (unpaired) electrons. The minimum absolute atomic E-state index is 0.0301. The number of hydrogen-bond donors (Lipinski definition) is 0. The normalized spacial score (nSPS) is 23.1. The average molecular weight is 528 g/mol. The molecule has 4 unspecified atom stereocenters. The van der Waals surface area contributed by atoms with E-state index in [4.69, 9.17) is 23.7 Å². The van der Waals surface area contributed by atoms with Crippen LogP contribution in [-0.4, -0.2) is 77.6 Å².